The van der Waals surface area contributed by atoms with Gasteiger partial charge in [0.05, 0.1) is 5.41 Å². The summed E-state index contributed by atoms with van der Waals surface area (Å²) >= 11 is 0. The molecule has 0 aliphatic heterocycles. The molecule has 1 N–H and O–H groups in total. The predicted molar refractivity (Wildman–Crippen MR) is 172 cm³/mol. The third-order valence-corrected chi connectivity index (χ3v) is 8.28. The molecule has 0 saturated heterocycles. The second-order valence-corrected chi connectivity index (χ2v) is 10.7. The fraction of sp³-hybridized carbons (Fsp3) is 0.0513. The molecule has 0 amide bonds. The average molecular weight is 540 g/mol. The van der Waals surface area contributed by atoms with Gasteiger partial charge in [0, 0.05) is 29.2 Å². The second-order valence-electron chi connectivity index (χ2n) is 10.7. The molecule has 6 aromatic rings. The SMILES string of the molecule is C/C(=N\C(=N)c1cccc(-c2cccnc2)c1)c1cccc(C2(c3ccccc3)c3ccccc3-c3ccccc32)c1. The molecule has 1 aromatic heterocycles. The molecule has 200 valence electrons. The number of nitrogens with zero attached hydrogens (tertiary/aromatic N) is 2. The van der Waals surface area contributed by atoms with Crippen LogP contribution in [0.3, 0.4) is 0 Å². The maximum absolute atomic E-state index is 8.85. The number of aromatic nitrogens is 1. The Morgan fingerprint density at radius 1 is 0.595 bits per heavy atom. The van der Waals surface area contributed by atoms with Crippen LogP contribution in [0.15, 0.2) is 157 Å². The van der Waals surface area contributed by atoms with Crippen molar-refractivity contribution in [3.8, 4) is 22.3 Å². The zero-order chi connectivity index (χ0) is 28.5. The highest BCUT2D eigenvalue weighted by Gasteiger charge is 2.45. The number of rotatable bonds is 5. The van der Waals surface area contributed by atoms with Crippen LogP contribution in [-0.2, 0) is 5.41 Å². The molecule has 0 unspecified atom stereocenters. The Hall–Kier alpha value is -5.41. The maximum atomic E-state index is 8.85. The zero-order valence-electron chi connectivity index (χ0n) is 23.3. The van der Waals surface area contributed by atoms with E-state index in [0.29, 0.717) is 0 Å². The minimum Gasteiger partial charge on any atom is -0.282 e. The van der Waals surface area contributed by atoms with Crippen LogP contribution < -0.4 is 0 Å². The Morgan fingerprint density at radius 2 is 1.21 bits per heavy atom. The first-order valence-corrected chi connectivity index (χ1v) is 14.2. The van der Waals surface area contributed by atoms with Crippen LogP contribution in [0.2, 0.25) is 0 Å². The Bertz CT molecular complexity index is 1910. The molecule has 3 nitrogen and oxygen atoms in total. The van der Waals surface area contributed by atoms with E-state index in [4.69, 9.17) is 10.4 Å². The molecule has 0 bridgehead atoms. The lowest BCUT2D eigenvalue weighted by molar-refractivity contribution is 0.768. The van der Waals surface area contributed by atoms with Gasteiger partial charge in [0.15, 0.2) is 5.84 Å². The van der Waals surface area contributed by atoms with Crippen molar-refractivity contribution in [2.24, 2.45) is 4.99 Å². The molecular weight excluding hydrogens is 510 g/mol. The number of pyridine rings is 1. The first-order valence-electron chi connectivity index (χ1n) is 14.2. The van der Waals surface area contributed by atoms with Crippen molar-refractivity contribution in [1.82, 2.24) is 4.98 Å². The number of benzene rings is 5. The quantitative estimate of drug-likeness (QED) is 0.172. The summed E-state index contributed by atoms with van der Waals surface area (Å²) in [5.74, 6) is 0.234. The molecule has 1 aliphatic rings. The van der Waals surface area contributed by atoms with E-state index in [9.17, 15) is 0 Å². The van der Waals surface area contributed by atoms with Gasteiger partial charge in [-0.25, -0.2) is 4.99 Å². The van der Waals surface area contributed by atoms with Crippen LogP contribution in [0.1, 0.15) is 40.3 Å². The Labute approximate surface area is 246 Å². The fourth-order valence-electron chi connectivity index (χ4n) is 6.37. The van der Waals surface area contributed by atoms with Crippen LogP contribution in [0.5, 0.6) is 0 Å². The maximum Gasteiger partial charge on any atom is 0.152 e. The largest absolute Gasteiger partial charge is 0.282 e. The molecule has 0 atom stereocenters. The van der Waals surface area contributed by atoms with Crippen molar-refractivity contribution in [2.75, 3.05) is 0 Å². The molecule has 0 spiro atoms. The number of fused-ring (bicyclic) bond motifs is 3. The minimum atomic E-state index is -0.462. The standard InChI is InChI=1S/C39H29N3/c1-27(42-38(40)30-14-9-13-29(24-30)31-15-11-23-41-26-31)28-12-10-18-33(25-28)39(32-16-3-2-4-17-32)36-21-7-5-19-34(36)35-20-6-8-22-37(35)39/h2-26,40H,1H3/b40-38?,42-27+. The van der Waals surface area contributed by atoms with Gasteiger partial charge in [-0.2, -0.15) is 0 Å². The number of nitrogens with one attached hydrogen (secondary N) is 1. The topological polar surface area (TPSA) is 49.1 Å². The van der Waals surface area contributed by atoms with Crippen LogP contribution in [0.4, 0.5) is 0 Å². The first kappa shape index (κ1) is 25.6. The van der Waals surface area contributed by atoms with E-state index in [2.05, 4.69) is 108 Å². The van der Waals surface area contributed by atoms with Gasteiger partial charge in [-0.05, 0) is 69.6 Å². The van der Waals surface area contributed by atoms with Crippen LogP contribution >= 0.6 is 0 Å². The van der Waals surface area contributed by atoms with Crippen molar-refractivity contribution >= 4 is 11.5 Å². The van der Waals surface area contributed by atoms with Crippen molar-refractivity contribution < 1.29 is 0 Å². The molecule has 0 fully saturated rings. The van der Waals surface area contributed by atoms with Crippen molar-refractivity contribution in [3.63, 3.8) is 0 Å². The predicted octanol–water partition coefficient (Wildman–Crippen LogP) is 8.95. The normalized spacial score (nSPS) is 13.3. The molecule has 0 radical (unpaired) electrons. The average Bonchev–Trinajstić information content (AvgIpc) is 3.37. The van der Waals surface area contributed by atoms with Gasteiger partial charge in [-0.1, -0.05) is 121 Å². The molecule has 5 aromatic carbocycles. The number of amidine groups is 1. The summed E-state index contributed by atoms with van der Waals surface area (Å²) in [6, 6.07) is 48.9. The van der Waals surface area contributed by atoms with E-state index in [1.165, 1.54) is 33.4 Å². The van der Waals surface area contributed by atoms with Crippen molar-refractivity contribution in [1.29, 1.82) is 5.41 Å². The summed E-state index contributed by atoms with van der Waals surface area (Å²) in [6.45, 7) is 1.99. The highest BCUT2D eigenvalue weighted by Crippen LogP contribution is 2.55. The molecule has 42 heavy (non-hydrogen) atoms. The van der Waals surface area contributed by atoms with E-state index < -0.39 is 5.41 Å². The summed E-state index contributed by atoms with van der Waals surface area (Å²) in [4.78, 5) is 9.03. The Balaban J connectivity index is 1.34. The lowest BCUT2D eigenvalue weighted by atomic mass is 9.67. The number of hydrogen-bond donors (Lipinski definition) is 1. The number of hydrogen-bond acceptors (Lipinski definition) is 2. The number of aliphatic imine (C=N–C) groups is 1. The highest BCUT2D eigenvalue weighted by atomic mass is 14.8. The second kappa shape index (κ2) is 10.5. The first-order chi connectivity index (χ1) is 20.7. The highest BCUT2D eigenvalue weighted by molar-refractivity contribution is 6.10. The van der Waals surface area contributed by atoms with Gasteiger partial charge in [-0.3, -0.25) is 10.4 Å². The van der Waals surface area contributed by atoms with Gasteiger partial charge in [-0.15, -0.1) is 0 Å². The van der Waals surface area contributed by atoms with Gasteiger partial charge in [0.2, 0.25) is 0 Å². The van der Waals surface area contributed by atoms with Crippen LogP contribution in [0, 0.1) is 5.41 Å². The summed E-state index contributed by atoms with van der Waals surface area (Å²) in [7, 11) is 0. The lowest BCUT2D eigenvalue weighted by Gasteiger charge is -2.34. The van der Waals surface area contributed by atoms with E-state index >= 15 is 0 Å². The van der Waals surface area contributed by atoms with Crippen molar-refractivity contribution in [2.45, 2.75) is 12.3 Å². The van der Waals surface area contributed by atoms with Gasteiger partial charge < -0.3 is 0 Å². The van der Waals surface area contributed by atoms with Gasteiger partial charge in [0.25, 0.3) is 0 Å². The van der Waals surface area contributed by atoms with E-state index in [-0.39, 0.29) is 5.84 Å². The van der Waals surface area contributed by atoms with Gasteiger partial charge >= 0.3 is 0 Å². The van der Waals surface area contributed by atoms with E-state index in [1.54, 1.807) is 6.20 Å². The lowest BCUT2D eigenvalue weighted by Crippen LogP contribution is -2.28. The van der Waals surface area contributed by atoms with Crippen molar-refractivity contribution in [3.05, 3.63) is 185 Å². The summed E-state index contributed by atoms with van der Waals surface area (Å²) in [5, 5.41) is 8.85. The van der Waals surface area contributed by atoms with E-state index in [0.717, 1.165) is 28.0 Å². The Kier molecular flexibility index (Phi) is 6.41. The molecule has 7 rings (SSSR count). The molecule has 3 heteroatoms. The van der Waals surface area contributed by atoms with Crippen LogP contribution in [0.25, 0.3) is 22.3 Å². The summed E-state index contributed by atoms with van der Waals surface area (Å²) < 4.78 is 0. The fourth-order valence-corrected chi connectivity index (χ4v) is 6.37. The minimum absolute atomic E-state index is 0.234. The molecule has 1 heterocycles. The summed E-state index contributed by atoms with van der Waals surface area (Å²) in [6.07, 6.45) is 3.60. The molecule has 1 aliphatic carbocycles. The Morgan fingerprint density at radius 3 is 1.93 bits per heavy atom. The zero-order valence-corrected chi connectivity index (χ0v) is 23.3. The third kappa shape index (κ3) is 4.18. The summed E-state index contributed by atoms with van der Waals surface area (Å²) in [5.41, 5.74) is 11.7. The van der Waals surface area contributed by atoms with Crippen LogP contribution in [-0.4, -0.2) is 16.5 Å². The van der Waals surface area contributed by atoms with Gasteiger partial charge in [0.1, 0.15) is 0 Å². The molecular formula is C39H29N3. The molecule has 0 saturated carbocycles. The monoisotopic (exact) mass is 539 g/mol. The van der Waals surface area contributed by atoms with E-state index in [1.807, 2.05) is 49.5 Å². The third-order valence-electron chi connectivity index (χ3n) is 8.28. The smallest absolute Gasteiger partial charge is 0.152 e.